The van der Waals surface area contributed by atoms with Crippen LogP contribution in [0.2, 0.25) is 0 Å². The van der Waals surface area contributed by atoms with E-state index in [9.17, 15) is 9.59 Å². The number of nitrogens with zero attached hydrogens (tertiary/aromatic N) is 2. The van der Waals surface area contributed by atoms with Crippen LogP contribution < -0.4 is 5.32 Å². The summed E-state index contributed by atoms with van der Waals surface area (Å²) in [5, 5.41) is 3.12. The van der Waals surface area contributed by atoms with Gasteiger partial charge in [0.25, 0.3) is 0 Å². The minimum atomic E-state index is -0.0827. The molecular weight excluding hydrogens is 326 g/mol. The van der Waals surface area contributed by atoms with Gasteiger partial charge in [0.15, 0.2) is 0 Å². The van der Waals surface area contributed by atoms with Crippen LogP contribution in [-0.2, 0) is 16.1 Å². The maximum Gasteiger partial charge on any atom is 0.225 e. The van der Waals surface area contributed by atoms with Crippen molar-refractivity contribution < 1.29 is 9.59 Å². The Labute approximate surface area is 156 Å². The average Bonchev–Trinajstić information content (AvgIpc) is 2.98. The number of benzene rings is 1. The Hall–Kier alpha value is -1.88. The summed E-state index contributed by atoms with van der Waals surface area (Å²) in [6.07, 6.45) is 0.536. The largest absolute Gasteiger partial charge is 0.356 e. The number of hydrogen-bond donors (Lipinski definition) is 1. The normalized spacial score (nSPS) is 21.8. The van der Waals surface area contributed by atoms with Crippen LogP contribution >= 0.6 is 0 Å². The molecule has 0 bridgehead atoms. The van der Waals surface area contributed by atoms with Gasteiger partial charge in [-0.2, -0.15) is 0 Å². The lowest BCUT2D eigenvalue weighted by atomic mass is 9.71. The van der Waals surface area contributed by atoms with Crippen molar-refractivity contribution in [2.75, 3.05) is 32.7 Å². The Bertz CT molecular complexity index is 638. The number of nitrogens with one attached hydrogen (secondary N) is 1. The minimum Gasteiger partial charge on any atom is -0.356 e. The zero-order valence-corrected chi connectivity index (χ0v) is 16.2. The van der Waals surface area contributed by atoms with Gasteiger partial charge in [-0.1, -0.05) is 51.1 Å². The Morgan fingerprint density at radius 1 is 1.19 bits per heavy atom. The fourth-order valence-electron chi connectivity index (χ4n) is 4.26. The third-order valence-corrected chi connectivity index (χ3v) is 5.64. The number of carbonyl (C=O) groups is 2. The number of likely N-dealkylation sites (tertiary alicyclic amines) is 2. The van der Waals surface area contributed by atoms with E-state index in [1.807, 2.05) is 17.9 Å². The molecule has 2 fully saturated rings. The molecule has 1 atom stereocenters. The van der Waals surface area contributed by atoms with Crippen molar-refractivity contribution in [2.24, 2.45) is 17.3 Å². The van der Waals surface area contributed by atoms with Crippen LogP contribution in [0.5, 0.6) is 0 Å². The van der Waals surface area contributed by atoms with Crippen molar-refractivity contribution in [3.8, 4) is 0 Å². The quantitative estimate of drug-likeness (QED) is 0.849. The molecule has 1 spiro atoms. The van der Waals surface area contributed by atoms with Crippen LogP contribution in [0.25, 0.3) is 0 Å². The van der Waals surface area contributed by atoms with E-state index < -0.39 is 0 Å². The van der Waals surface area contributed by atoms with Gasteiger partial charge in [0.2, 0.25) is 11.8 Å². The highest BCUT2D eigenvalue weighted by atomic mass is 16.2. The summed E-state index contributed by atoms with van der Waals surface area (Å²) in [6.45, 7) is 10.8. The second kappa shape index (κ2) is 7.78. The van der Waals surface area contributed by atoms with Crippen molar-refractivity contribution in [1.29, 1.82) is 0 Å². The lowest BCUT2D eigenvalue weighted by Crippen LogP contribution is -2.64. The molecule has 0 saturated carbocycles. The summed E-state index contributed by atoms with van der Waals surface area (Å²) in [5.41, 5.74) is 1.19. The van der Waals surface area contributed by atoms with Gasteiger partial charge in [0.1, 0.15) is 0 Å². The van der Waals surface area contributed by atoms with E-state index in [2.05, 4.69) is 48.3 Å². The van der Waals surface area contributed by atoms with Gasteiger partial charge in [-0.15, -0.1) is 0 Å². The predicted molar refractivity (Wildman–Crippen MR) is 102 cm³/mol. The summed E-state index contributed by atoms with van der Waals surface area (Å²) in [5.74, 6) is 0.749. The summed E-state index contributed by atoms with van der Waals surface area (Å²) >= 11 is 0. The van der Waals surface area contributed by atoms with E-state index in [0.29, 0.717) is 32.0 Å². The van der Waals surface area contributed by atoms with Crippen LogP contribution in [0.1, 0.15) is 32.8 Å². The molecule has 1 aromatic rings. The maximum absolute atomic E-state index is 12.9. The van der Waals surface area contributed by atoms with E-state index in [-0.39, 0.29) is 23.1 Å². The Morgan fingerprint density at radius 2 is 1.88 bits per heavy atom. The molecule has 1 unspecified atom stereocenters. The molecule has 2 heterocycles. The first-order valence-electron chi connectivity index (χ1n) is 9.75. The van der Waals surface area contributed by atoms with Crippen LogP contribution in [-0.4, -0.2) is 54.3 Å². The third kappa shape index (κ3) is 3.93. The van der Waals surface area contributed by atoms with Crippen LogP contribution in [0.4, 0.5) is 0 Å². The topological polar surface area (TPSA) is 52.7 Å². The zero-order chi connectivity index (χ0) is 18.7. The van der Waals surface area contributed by atoms with Crippen molar-refractivity contribution in [3.05, 3.63) is 35.9 Å². The lowest BCUT2D eigenvalue weighted by Gasteiger charge is -2.50. The fourth-order valence-corrected chi connectivity index (χ4v) is 4.26. The SMILES string of the molecule is CCC(=O)N1CC2(CN(Cc3ccccc3)CC2C(=O)NCC(C)C)C1. The first-order chi connectivity index (χ1) is 12.4. The maximum atomic E-state index is 12.9. The van der Waals surface area contributed by atoms with Gasteiger partial charge in [-0.3, -0.25) is 14.5 Å². The van der Waals surface area contributed by atoms with E-state index in [1.54, 1.807) is 0 Å². The van der Waals surface area contributed by atoms with Crippen molar-refractivity contribution in [3.63, 3.8) is 0 Å². The van der Waals surface area contributed by atoms with E-state index in [0.717, 1.165) is 19.6 Å². The predicted octanol–water partition coefficient (Wildman–Crippen LogP) is 2.13. The molecule has 1 N–H and O–H groups in total. The van der Waals surface area contributed by atoms with E-state index in [1.165, 1.54) is 5.56 Å². The summed E-state index contributed by atoms with van der Waals surface area (Å²) < 4.78 is 0. The summed E-state index contributed by atoms with van der Waals surface area (Å²) in [4.78, 5) is 29.2. The molecule has 2 aliphatic heterocycles. The Balaban J connectivity index is 1.69. The molecule has 0 aromatic heterocycles. The Morgan fingerprint density at radius 3 is 2.50 bits per heavy atom. The third-order valence-electron chi connectivity index (χ3n) is 5.64. The summed E-state index contributed by atoms with van der Waals surface area (Å²) in [7, 11) is 0. The van der Waals surface area contributed by atoms with Crippen molar-refractivity contribution >= 4 is 11.8 Å². The second-order valence-corrected chi connectivity index (χ2v) is 8.31. The highest BCUT2D eigenvalue weighted by molar-refractivity contribution is 5.82. The number of rotatable bonds is 6. The molecule has 2 aliphatic rings. The highest BCUT2D eigenvalue weighted by Gasteiger charge is 2.57. The lowest BCUT2D eigenvalue weighted by molar-refractivity contribution is -0.149. The van der Waals surface area contributed by atoms with E-state index >= 15 is 0 Å². The van der Waals surface area contributed by atoms with Gasteiger partial charge >= 0.3 is 0 Å². The fraction of sp³-hybridized carbons (Fsp3) is 0.619. The molecule has 2 saturated heterocycles. The number of amides is 2. The van der Waals surface area contributed by atoms with Crippen LogP contribution in [0.3, 0.4) is 0 Å². The number of hydrogen-bond acceptors (Lipinski definition) is 3. The molecular formula is C21H31N3O2. The summed E-state index contributed by atoms with van der Waals surface area (Å²) in [6, 6.07) is 10.4. The molecule has 0 aliphatic carbocycles. The van der Waals surface area contributed by atoms with Crippen molar-refractivity contribution in [2.45, 2.75) is 33.7 Å². The zero-order valence-electron chi connectivity index (χ0n) is 16.2. The van der Waals surface area contributed by atoms with Gasteiger partial charge < -0.3 is 10.2 Å². The molecule has 5 heteroatoms. The first-order valence-corrected chi connectivity index (χ1v) is 9.75. The Kier molecular flexibility index (Phi) is 5.66. The monoisotopic (exact) mass is 357 g/mol. The van der Waals surface area contributed by atoms with E-state index in [4.69, 9.17) is 0 Å². The molecule has 26 heavy (non-hydrogen) atoms. The second-order valence-electron chi connectivity index (χ2n) is 8.31. The molecule has 1 aromatic carbocycles. The smallest absolute Gasteiger partial charge is 0.225 e. The van der Waals surface area contributed by atoms with Gasteiger partial charge in [-0.25, -0.2) is 0 Å². The standard InChI is InChI=1S/C21H31N3O2/c1-4-19(25)24-14-21(15-24)13-23(11-17-8-6-5-7-9-17)12-18(21)20(26)22-10-16(2)3/h5-9,16,18H,4,10-15H2,1-3H3,(H,22,26). The number of carbonyl (C=O) groups excluding carboxylic acids is 2. The highest BCUT2D eigenvalue weighted by Crippen LogP contribution is 2.44. The van der Waals surface area contributed by atoms with Gasteiger partial charge in [-0.05, 0) is 11.5 Å². The minimum absolute atomic E-state index is 0.0362. The van der Waals surface area contributed by atoms with Crippen LogP contribution in [0, 0.1) is 17.3 Å². The molecule has 2 amide bonds. The van der Waals surface area contributed by atoms with Crippen LogP contribution in [0.15, 0.2) is 30.3 Å². The van der Waals surface area contributed by atoms with Gasteiger partial charge in [0, 0.05) is 51.1 Å². The average molecular weight is 357 g/mol. The van der Waals surface area contributed by atoms with Gasteiger partial charge in [0.05, 0.1) is 5.92 Å². The molecule has 0 radical (unpaired) electrons. The first kappa shape index (κ1) is 18.9. The molecule has 3 rings (SSSR count). The molecule has 142 valence electrons. The van der Waals surface area contributed by atoms with Crippen molar-refractivity contribution in [1.82, 2.24) is 15.1 Å². The molecule has 5 nitrogen and oxygen atoms in total.